The number of aryl methyl sites for hydroxylation is 2. The molecular weight excluding hydrogens is 538 g/mol. The van der Waals surface area contributed by atoms with Gasteiger partial charge < -0.3 is 15.2 Å². The molecule has 2 aromatic carbocycles. The minimum atomic E-state index is -4.88. The molecule has 0 unspecified atom stereocenters. The number of hydrogen-bond acceptors (Lipinski definition) is 5. The van der Waals surface area contributed by atoms with E-state index in [4.69, 9.17) is 4.98 Å². The second-order valence-corrected chi connectivity index (χ2v) is 10.2. The number of hydrogen-bond donors (Lipinski definition) is 2. The van der Waals surface area contributed by atoms with Crippen LogP contribution in [0, 0.1) is 18.7 Å². The first-order valence-corrected chi connectivity index (χ1v) is 13.4. The van der Waals surface area contributed by atoms with E-state index in [1.54, 1.807) is 6.92 Å². The molecule has 1 fully saturated rings. The van der Waals surface area contributed by atoms with E-state index in [2.05, 4.69) is 20.2 Å². The lowest BCUT2D eigenvalue weighted by Gasteiger charge is -2.32. The van der Waals surface area contributed by atoms with E-state index in [-0.39, 0.29) is 36.0 Å². The molecule has 0 spiro atoms. The van der Waals surface area contributed by atoms with E-state index in [9.17, 15) is 22.8 Å². The number of pyridine rings is 1. The number of anilines is 1. The number of nitrogens with one attached hydrogen (secondary N) is 2. The molecule has 214 valence electrons. The van der Waals surface area contributed by atoms with Crippen molar-refractivity contribution < 1.29 is 22.4 Å². The Kier molecular flexibility index (Phi) is 7.79. The molecule has 3 heterocycles. The first-order valence-electron chi connectivity index (χ1n) is 13.4. The summed E-state index contributed by atoms with van der Waals surface area (Å²) < 4.78 is 56.9. The van der Waals surface area contributed by atoms with Gasteiger partial charge in [-0.1, -0.05) is 31.2 Å². The van der Waals surface area contributed by atoms with Gasteiger partial charge in [-0.15, -0.1) is 0 Å². The minimum absolute atomic E-state index is 0.140. The van der Waals surface area contributed by atoms with Crippen molar-refractivity contribution in [3.63, 3.8) is 0 Å². The van der Waals surface area contributed by atoms with Crippen LogP contribution in [-0.4, -0.2) is 33.9 Å². The quantitative estimate of drug-likeness (QED) is 0.299. The second kappa shape index (κ2) is 11.3. The molecule has 11 heteroatoms. The van der Waals surface area contributed by atoms with E-state index in [0.717, 1.165) is 40.5 Å². The summed E-state index contributed by atoms with van der Waals surface area (Å²) in [4.78, 5) is 38.1. The Morgan fingerprint density at radius 3 is 2.56 bits per heavy atom. The number of nitrogens with zero attached hydrogens (tertiary/aromatic N) is 3. The van der Waals surface area contributed by atoms with Gasteiger partial charge >= 0.3 is 6.18 Å². The van der Waals surface area contributed by atoms with E-state index >= 15 is 4.39 Å². The van der Waals surface area contributed by atoms with Crippen LogP contribution in [-0.2, 0) is 23.9 Å². The van der Waals surface area contributed by atoms with Gasteiger partial charge in [0.1, 0.15) is 17.5 Å². The zero-order valence-electron chi connectivity index (χ0n) is 22.6. The van der Waals surface area contributed by atoms with Crippen LogP contribution in [0.3, 0.4) is 0 Å². The highest BCUT2D eigenvalue weighted by Crippen LogP contribution is 2.38. The lowest BCUT2D eigenvalue weighted by molar-refractivity contribution is -0.137. The van der Waals surface area contributed by atoms with Gasteiger partial charge in [0.25, 0.3) is 5.56 Å². The molecule has 2 N–H and O–H groups in total. The third-order valence-corrected chi connectivity index (χ3v) is 7.47. The fourth-order valence-electron chi connectivity index (χ4n) is 5.19. The number of rotatable bonds is 6. The first-order chi connectivity index (χ1) is 19.5. The molecule has 0 bridgehead atoms. The Hall–Kier alpha value is -4.28. The Morgan fingerprint density at radius 2 is 1.85 bits per heavy atom. The normalized spacial score (nSPS) is 14.4. The minimum Gasteiger partial charge on any atom is -0.357 e. The zero-order chi connectivity index (χ0) is 29.3. The van der Waals surface area contributed by atoms with Crippen LogP contribution in [0.2, 0.25) is 0 Å². The molecule has 0 aliphatic carbocycles. The van der Waals surface area contributed by atoms with Crippen molar-refractivity contribution >= 4 is 22.6 Å². The lowest BCUT2D eigenvalue weighted by Crippen LogP contribution is -2.40. The van der Waals surface area contributed by atoms with E-state index in [1.165, 1.54) is 0 Å². The van der Waals surface area contributed by atoms with Crippen LogP contribution in [0.25, 0.3) is 22.3 Å². The Bertz CT molecular complexity index is 1660. The largest absolute Gasteiger partial charge is 0.417 e. The number of alkyl halides is 3. The predicted molar refractivity (Wildman–Crippen MR) is 148 cm³/mol. The summed E-state index contributed by atoms with van der Waals surface area (Å²) in [5, 5.41) is 3.74. The molecule has 1 saturated heterocycles. The Morgan fingerprint density at radius 1 is 1.10 bits per heavy atom. The van der Waals surface area contributed by atoms with Gasteiger partial charge in [0.2, 0.25) is 5.91 Å². The molecular formula is C30H29F4N5O2. The number of para-hydroxylation sites is 1. The second-order valence-electron chi connectivity index (χ2n) is 10.2. The molecule has 2 aromatic heterocycles. The number of benzene rings is 2. The highest BCUT2D eigenvalue weighted by Gasteiger charge is 2.37. The van der Waals surface area contributed by atoms with Crippen LogP contribution in [0.15, 0.2) is 53.3 Å². The van der Waals surface area contributed by atoms with Crippen molar-refractivity contribution in [2.45, 2.75) is 45.8 Å². The highest BCUT2D eigenvalue weighted by atomic mass is 19.4. The fourth-order valence-corrected chi connectivity index (χ4v) is 5.19. The Balaban J connectivity index is 1.29. The molecule has 5 rings (SSSR count). The summed E-state index contributed by atoms with van der Waals surface area (Å²) >= 11 is 0. The van der Waals surface area contributed by atoms with Crippen LogP contribution in [0.5, 0.6) is 0 Å². The van der Waals surface area contributed by atoms with E-state index in [1.807, 2.05) is 37.3 Å². The maximum Gasteiger partial charge on any atom is 0.417 e. The van der Waals surface area contributed by atoms with Crippen molar-refractivity contribution in [1.29, 1.82) is 0 Å². The van der Waals surface area contributed by atoms with Crippen molar-refractivity contribution in [2.75, 3.05) is 18.0 Å². The summed E-state index contributed by atoms with van der Waals surface area (Å²) in [5.74, 6) is -1.48. The number of piperidine rings is 1. The molecule has 1 amide bonds. The average Bonchev–Trinajstić information content (AvgIpc) is 2.95. The molecule has 41 heavy (non-hydrogen) atoms. The van der Waals surface area contributed by atoms with Gasteiger partial charge in [0, 0.05) is 48.3 Å². The average molecular weight is 568 g/mol. The number of aromatic nitrogens is 3. The lowest BCUT2D eigenvalue weighted by atomic mass is 9.95. The summed E-state index contributed by atoms with van der Waals surface area (Å²) in [7, 11) is 0. The highest BCUT2D eigenvalue weighted by molar-refractivity contribution is 5.83. The van der Waals surface area contributed by atoms with Crippen LogP contribution < -0.4 is 15.8 Å². The van der Waals surface area contributed by atoms with Crippen molar-refractivity contribution in [3.05, 3.63) is 87.1 Å². The van der Waals surface area contributed by atoms with Gasteiger partial charge in [-0.2, -0.15) is 13.2 Å². The number of halogens is 4. The third-order valence-electron chi connectivity index (χ3n) is 7.47. The molecule has 1 aliphatic heterocycles. The maximum atomic E-state index is 15.6. The smallest absolute Gasteiger partial charge is 0.357 e. The summed E-state index contributed by atoms with van der Waals surface area (Å²) in [6.07, 6.45) is -3.50. The van der Waals surface area contributed by atoms with Crippen LogP contribution in [0.1, 0.15) is 42.1 Å². The zero-order valence-corrected chi connectivity index (χ0v) is 22.6. The first kappa shape index (κ1) is 28.3. The van der Waals surface area contributed by atoms with Crippen molar-refractivity contribution in [1.82, 2.24) is 20.3 Å². The molecule has 0 saturated carbocycles. The fraction of sp³-hybridized carbons (Fsp3) is 0.333. The van der Waals surface area contributed by atoms with E-state index < -0.39 is 34.5 Å². The van der Waals surface area contributed by atoms with Crippen LogP contribution in [0.4, 0.5) is 23.4 Å². The van der Waals surface area contributed by atoms with E-state index in [0.29, 0.717) is 25.9 Å². The molecule has 4 aromatic rings. The SMILES string of the molecule is CCc1cc(=O)[nH]c(-c2c(C(F)(F)F)ccc(CNC(=O)C3CCN(c4ccc5cccc(C)c5n4)CC3)c2F)n1. The monoisotopic (exact) mass is 567 g/mol. The third kappa shape index (κ3) is 5.94. The number of aromatic amines is 1. The van der Waals surface area contributed by atoms with Crippen molar-refractivity contribution in [3.8, 4) is 11.4 Å². The van der Waals surface area contributed by atoms with Crippen LogP contribution >= 0.6 is 0 Å². The number of fused-ring (bicyclic) bond motifs is 1. The van der Waals surface area contributed by atoms with Gasteiger partial charge in [0.05, 0.1) is 16.6 Å². The van der Waals surface area contributed by atoms with Gasteiger partial charge in [-0.05, 0) is 49.9 Å². The molecule has 1 aliphatic rings. The Labute approximate surface area is 233 Å². The molecule has 0 radical (unpaired) electrons. The number of carbonyl (C=O) groups excluding carboxylic acids is 1. The maximum absolute atomic E-state index is 15.6. The number of carbonyl (C=O) groups is 1. The number of H-pyrrole nitrogens is 1. The van der Waals surface area contributed by atoms with Gasteiger partial charge in [-0.25, -0.2) is 14.4 Å². The topological polar surface area (TPSA) is 91.0 Å². The number of amides is 1. The summed E-state index contributed by atoms with van der Waals surface area (Å²) in [6.45, 7) is 4.60. The van der Waals surface area contributed by atoms with Crippen molar-refractivity contribution in [2.24, 2.45) is 5.92 Å². The summed E-state index contributed by atoms with van der Waals surface area (Å²) in [5.41, 5.74) is -0.678. The van der Waals surface area contributed by atoms with Gasteiger partial charge in [-0.3, -0.25) is 9.59 Å². The van der Waals surface area contributed by atoms with Gasteiger partial charge in [0.15, 0.2) is 0 Å². The predicted octanol–water partition coefficient (Wildman–Crippen LogP) is 5.55. The summed E-state index contributed by atoms with van der Waals surface area (Å²) in [6, 6.07) is 12.9. The molecule has 0 atom stereocenters. The standard InChI is InChI=1S/C30H29F4N5O2/c1-3-21-15-24(40)38-28(36-21)25-22(30(32,33)34)9-7-20(26(25)31)16-35-29(41)19-11-13-39(14-12-19)23-10-8-18-6-4-5-17(2)27(18)37-23/h4-10,15,19H,3,11-14,16H2,1-2H3,(H,35,41)(H,36,38,40). The molecule has 7 nitrogen and oxygen atoms in total.